The van der Waals surface area contributed by atoms with E-state index in [1.54, 1.807) is 26.4 Å². The summed E-state index contributed by atoms with van der Waals surface area (Å²) < 4.78 is 41.2. The summed E-state index contributed by atoms with van der Waals surface area (Å²) in [5.41, 5.74) is 2.22. The Labute approximate surface area is 287 Å². The van der Waals surface area contributed by atoms with Gasteiger partial charge in [-0.25, -0.2) is 4.79 Å². The standard InChI is InChI=1S/C40H54O8/c1-7-11-30(3)26-37-15-9-13-34(47-37)14-10-16-40(41)48-39(27-35(12-8-2)46-29-42-5)38(22-21-36-25-31(4)23-24-44-36)45-28-32-17-19-33(43-6)20-18-32/h1,8-10,13,16-23,30,34-39H,2,11-12,14-15,24-29H2,3-6H3/b16-10-,22-21+/t30-,34-,35+,36+,37-,38-,39-/m0/s1. The Bertz CT molecular complexity index is 1260. The number of carbonyl (C=O) groups is 1. The maximum Gasteiger partial charge on any atom is 0.330 e. The highest BCUT2D eigenvalue weighted by Gasteiger charge is 2.28. The van der Waals surface area contributed by atoms with Crippen molar-refractivity contribution < 1.29 is 38.0 Å². The van der Waals surface area contributed by atoms with Crippen LogP contribution < -0.4 is 4.74 Å². The van der Waals surface area contributed by atoms with Gasteiger partial charge in [0.05, 0.1) is 44.7 Å². The van der Waals surface area contributed by atoms with E-state index in [9.17, 15) is 4.79 Å². The summed E-state index contributed by atoms with van der Waals surface area (Å²) in [6.07, 6.45) is 23.8. The lowest BCUT2D eigenvalue weighted by molar-refractivity contribution is -0.155. The summed E-state index contributed by atoms with van der Waals surface area (Å²) in [5, 5.41) is 0. The third-order valence-corrected chi connectivity index (χ3v) is 8.23. The van der Waals surface area contributed by atoms with Crippen molar-refractivity contribution in [2.24, 2.45) is 5.92 Å². The van der Waals surface area contributed by atoms with Crippen LogP contribution in [0.25, 0.3) is 0 Å². The average molecular weight is 663 g/mol. The smallest absolute Gasteiger partial charge is 0.330 e. The molecule has 262 valence electrons. The first-order chi connectivity index (χ1) is 23.3. The second-order valence-corrected chi connectivity index (χ2v) is 12.4. The van der Waals surface area contributed by atoms with Gasteiger partial charge < -0.3 is 33.2 Å². The molecule has 1 aromatic rings. The van der Waals surface area contributed by atoms with E-state index in [4.69, 9.17) is 39.6 Å². The van der Waals surface area contributed by atoms with Crippen LogP contribution in [0, 0.1) is 18.3 Å². The van der Waals surface area contributed by atoms with Crippen molar-refractivity contribution >= 4 is 5.97 Å². The van der Waals surface area contributed by atoms with Gasteiger partial charge in [-0.1, -0.05) is 67.2 Å². The molecule has 2 aliphatic heterocycles. The van der Waals surface area contributed by atoms with E-state index in [0.717, 1.165) is 37.0 Å². The Hall–Kier alpha value is -3.45. The molecule has 0 N–H and O–H groups in total. The fourth-order valence-electron chi connectivity index (χ4n) is 5.66. The summed E-state index contributed by atoms with van der Waals surface area (Å²) in [7, 11) is 3.21. The van der Waals surface area contributed by atoms with Crippen molar-refractivity contribution in [1.82, 2.24) is 0 Å². The highest BCUT2D eigenvalue weighted by Crippen LogP contribution is 2.24. The molecule has 0 fully saturated rings. The molecule has 0 saturated carbocycles. The third-order valence-electron chi connectivity index (χ3n) is 8.23. The summed E-state index contributed by atoms with van der Waals surface area (Å²) in [4.78, 5) is 13.3. The van der Waals surface area contributed by atoms with Crippen molar-refractivity contribution in [2.45, 2.75) is 102 Å². The number of carbonyl (C=O) groups excluding carboxylic acids is 1. The first-order valence-electron chi connectivity index (χ1n) is 16.9. The number of ether oxygens (including phenoxy) is 7. The second-order valence-electron chi connectivity index (χ2n) is 12.4. The molecular weight excluding hydrogens is 608 g/mol. The number of terminal acetylenes is 1. The highest BCUT2D eigenvalue weighted by atomic mass is 16.7. The van der Waals surface area contributed by atoms with Crippen LogP contribution in [-0.4, -0.2) is 70.2 Å². The average Bonchev–Trinajstić information content (AvgIpc) is 3.07. The second kappa shape index (κ2) is 22.2. The van der Waals surface area contributed by atoms with Gasteiger partial charge in [0.15, 0.2) is 0 Å². The lowest BCUT2D eigenvalue weighted by Gasteiger charge is -2.29. The van der Waals surface area contributed by atoms with Crippen LogP contribution in [0.4, 0.5) is 0 Å². The van der Waals surface area contributed by atoms with Gasteiger partial charge in [-0.15, -0.1) is 18.9 Å². The van der Waals surface area contributed by atoms with Gasteiger partial charge in [0.25, 0.3) is 0 Å². The zero-order valence-corrected chi connectivity index (χ0v) is 29.1. The number of methoxy groups -OCH3 is 2. The molecule has 7 atom stereocenters. The fraction of sp³-hybridized carbons (Fsp3) is 0.525. The third kappa shape index (κ3) is 14.8. The van der Waals surface area contributed by atoms with E-state index in [1.165, 1.54) is 11.6 Å². The van der Waals surface area contributed by atoms with Crippen molar-refractivity contribution in [2.75, 3.05) is 27.6 Å². The molecule has 0 amide bonds. The normalized spacial score (nSPS) is 22.1. The molecule has 0 spiro atoms. The number of esters is 1. The fourth-order valence-corrected chi connectivity index (χ4v) is 5.66. The first-order valence-corrected chi connectivity index (χ1v) is 16.9. The molecule has 0 saturated heterocycles. The van der Waals surface area contributed by atoms with E-state index < -0.39 is 18.2 Å². The molecule has 0 bridgehead atoms. The van der Waals surface area contributed by atoms with Gasteiger partial charge in [-0.05, 0) is 62.6 Å². The van der Waals surface area contributed by atoms with Crippen LogP contribution >= 0.6 is 0 Å². The zero-order valence-electron chi connectivity index (χ0n) is 29.1. The van der Waals surface area contributed by atoms with Crippen LogP contribution in [0.1, 0.15) is 64.4 Å². The monoisotopic (exact) mass is 662 g/mol. The van der Waals surface area contributed by atoms with Crippen LogP contribution in [0.3, 0.4) is 0 Å². The lowest BCUT2D eigenvalue weighted by Crippen LogP contribution is -2.36. The molecule has 3 rings (SSSR count). The van der Waals surface area contributed by atoms with Crippen molar-refractivity contribution in [3.8, 4) is 18.1 Å². The Kier molecular flexibility index (Phi) is 18.1. The Balaban J connectivity index is 1.76. The van der Waals surface area contributed by atoms with Crippen LogP contribution in [0.2, 0.25) is 0 Å². The van der Waals surface area contributed by atoms with Gasteiger partial charge in [0.2, 0.25) is 0 Å². The number of benzene rings is 1. The molecular formula is C40H54O8. The Morgan fingerprint density at radius 2 is 2.02 bits per heavy atom. The minimum atomic E-state index is -0.675. The van der Waals surface area contributed by atoms with Gasteiger partial charge in [0.1, 0.15) is 24.8 Å². The van der Waals surface area contributed by atoms with Crippen LogP contribution in [0.15, 0.2) is 85.0 Å². The molecule has 8 heteroatoms. The van der Waals surface area contributed by atoms with Gasteiger partial charge in [-0.3, -0.25) is 0 Å². The first kappa shape index (κ1) is 39.0. The molecule has 8 nitrogen and oxygen atoms in total. The van der Waals surface area contributed by atoms with Crippen molar-refractivity contribution in [3.63, 3.8) is 0 Å². The SMILES string of the molecule is C#CC[C@H](C)C[C@@H]1CC=C[C@@H](C/C=C\C(=O)O[C@@H](C[C@@H](CC=C)OCOC)[C@H](/C=C/[C@@H]2CC(C)=CCO2)OCc2ccc(OC)cc2)O1. The number of hydrogen-bond donors (Lipinski definition) is 0. The molecule has 2 heterocycles. The Morgan fingerprint density at radius 3 is 2.73 bits per heavy atom. The molecule has 48 heavy (non-hydrogen) atoms. The quantitative estimate of drug-likeness (QED) is 0.0442. The van der Waals surface area contributed by atoms with Gasteiger partial charge in [0, 0.05) is 26.0 Å². The van der Waals surface area contributed by atoms with Crippen molar-refractivity contribution in [1.29, 1.82) is 0 Å². The number of hydrogen-bond acceptors (Lipinski definition) is 8. The minimum absolute atomic E-state index is 0.102. The summed E-state index contributed by atoms with van der Waals surface area (Å²) in [5.74, 6) is 3.42. The molecule has 0 aromatic heterocycles. The van der Waals surface area contributed by atoms with E-state index in [2.05, 4.69) is 38.5 Å². The highest BCUT2D eigenvalue weighted by molar-refractivity contribution is 5.82. The lowest BCUT2D eigenvalue weighted by atomic mass is 9.97. The topological polar surface area (TPSA) is 81.7 Å². The predicted molar refractivity (Wildman–Crippen MR) is 188 cm³/mol. The Morgan fingerprint density at radius 1 is 1.21 bits per heavy atom. The summed E-state index contributed by atoms with van der Waals surface area (Å²) >= 11 is 0. The van der Waals surface area contributed by atoms with Gasteiger partial charge in [-0.2, -0.15) is 0 Å². The van der Waals surface area contributed by atoms with E-state index >= 15 is 0 Å². The van der Waals surface area contributed by atoms with Crippen LogP contribution in [-0.2, 0) is 39.8 Å². The maximum absolute atomic E-state index is 13.3. The molecule has 2 aliphatic rings. The predicted octanol–water partition coefficient (Wildman–Crippen LogP) is 7.45. The summed E-state index contributed by atoms with van der Waals surface area (Å²) in [6.45, 7) is 9.08. The molecule has 0 radical (unpaired) electrons. The largest absolute Gasteiger partial charge is 0.497 e. The van der Waals surface area contributed by atoms with E-state index in [0.29, 0.717) is 38.4 Å². The van der Waals surface area contributed by atoms with E-state index in [1.807, 2.05) is 42.5 Å². The molecule has 1 aromatic carbocycles. The maximum atomic E-state index is 13.3. The van der Waals surface area contributed by atoms with E-state index in [-0.39, 0.29) is 31.2 Å². The zero-order chi connectivity index (χ0) is 34.6. The minimum Gasteiger partial charge on any atom is -0.497 e. The molecule has 0 aliphatic carbocycles. The van der Waals surface area contributed by atoms with Crippen LogP contribution in [0.5, 0.6) is 5.75 Å². The van der Waals surface area contributed by atoms with Gasteiger partial charge >= 0.3 is 5.97 Å². The summed E-state index contributed by atoms with van der Waals surface area (Å²) in [6, 6.07) is 7.68. The number of rotatable bonds is 21. The molecule has 0 unspecified atom stereocenters. The van der Waals surface area contributed by atoms with Crippen molar-refractivity contribution in [3.05, 3.63) is 90.6 Å².